The predicted octanol–water partition coefficient (Wildman–Crippen LogP) is 3.42. The lowest BCUT2D eigenvalue weighted by atomic mass is 9.96. The van der Waals surface area contributed by atoms with Gasteiger partial charge in [0.15, 0.2) is 0 Å². The molecule has 1 amide bonds. The summed E-state index contributed by atoms with van der Waals surface area (Å²) in [5, 5.41) is 15.4. The second-order valence-electron chi connectivity index (χ2n) is 6.81. The van der Waals surface area contributed by atoms with Gasteiger partial charge in [0.25, 0.3) is 0 Å². The number of hydrogen-bond acceptors (Lipinski definition) is 4. The molecule has 0 saturated heterocycles. The number of aliphatic carboxylic acids is 1. The monoisotopic (exact) mass is 364 g/mol. The van der Waals surface area contributed by atoms with Crippen molar-refractivity contribution in [2.24, 2.45) is 11.8 Å². The molecule has 6 nitrogen and oxygen atoms in total. The van der Waals surface area contributed by atoms with E-state index >= 15 is 0 Å². The minimum atomic E-state index is -0.867. The molecule has 0 spiro atoms. The molecule has 0 saturated carbocycles. The Morgan fingerprint density at radius 2 is 1.69 bits per heavy atom. The molecule has 0 heterocycles. The van der Waals surface area contributed by atoms with Crippen LogP contribution < -0.4 is 10.6 Å². The van der Waals surface area contributed by atoms with Gasteiger partial charge in [-0.3, -0.25) is 4.79 Å². The van der Waals surface area contributed by atoms with E-state index in [2.05, 4.69) is 10.6 Å². The first-order chi connectivity index (χ1) is 12.4. The lowest BCUT2D eigenvalue weighted by Crippen LogP contribution is -2.51. The molecule has 1 rings (SSSR count). The van der Waals surface area contributed by atoms with Crippen LogP contribution in [0.15, 0.2) is 30.3 Å². The molecule has 0 radical (unpaired) electrons. The van der Waals surface area contributed by atoms with Gasteiger partial charge >= 0.3 is 12.1 Å². The molecular formula is C20H32N2O4. The number of hydrogen-bond donors (Lipinski definition) is 3. The number of alkyl carbamates (subject to hydrolysis) is 1. The number of benzene rings is 1. The van der Waals surface area contributed by atoms with Crippen LogP contribution in [-0.4, -0.2) is 35.8 Å². The van der Waals surface area contributed by atoms with Crippen molar-refractivity contribution < 1.29 is 19.4 Å². The second kappa shape index (κ2) is 11.5. The van der Waals surface area contributed by atoms with Gasteiger partial charge in [-0.15, -0.1) is 0 Å². The Balaban J connectivity index is 2.59. The summed E-state index contributed by atoms with van der Waals surface area (Å²) in [6.45, 7) is 8.54. The summed E-state index contributed by atoms with van der Waals surface area (Å²) in [6.07, 6.45) is 1.15. The second-order valence-corrected chi connectivity index (χ2v) is 6.81. The zero-order valence-corrected chi connectivity index (χ0v) is 16.2. The van der Waals surface area contributed by atoms with Crippen LogP contribution in [0.5, 0.6) is 0 Å². The van der Waals surface area contributed by atoms with Crippen LogP contribution in [0.2, 0.25) is 0 Å². The molecule has 0 aliphatic heterocycles. The summed E-state index contributed by atoms with van der Waals surface area (Å²) in [6, 6.07) is 8.65. The molecule has 0 unspecified atom stereocenters. The Morgan fingerprint density at radius 3 is 2.23 bits per heavy atom. The normalized spacial score (nSPS) is 15.5. The van der Waals surface area contributed by atoms with Crippen LogP contribution in [0.4, 0.5) is 4.79 Å². The van der Waals surface area contributed by atoms with Gasteiger partial charge < -0.3 is 20.5 Å². The molecule has 0 aliphatic carbocycles. The number of carbonyl (C=O) groups excluding carboxylic acids is 1. The van der Waals surface area contributed by atoms with E-state index in [1.54, 1.807) is 0 Å². The third kappa shape index (κ3) is 7.44. The molecule has 26 heavy (non-hydrogen) atoms. The van der Waals surface area contributed by atoms with Crippen LogP contribution in [0.3, 0.4) is 0 Å². The topological polar surface area (TPSA) is 87.7 Å². The van der Waals surface area contributed by atoms with E-state index in [9.17, 15) is 14.7 Å². The molecule has 4 atom stereocenters. The molecule has 0 aromatic heterocycles. The SMILES string of the molecule is CC[C@H](C)[C@H](NC[C@@H](NC(=O)OCc1ccccc1)[C@@H](C)CC)C(=O)O. The maximum Gasteiger partial charge on any atom is 0.407 e. The van der Waals surface area contributed by atoms with E-state index in [1.807, 2.05) is 58.0 Å². The van der Waals surface area contributed by atoms with Crippen molar-refractivity contribution >= 4 is 12.1 Å². The van der Waals surface area contributed by atoms with Crippen molar-refractivity contribution in [3.05, 3.63) is 35.9 Å². The zero-order chi connectivity index (χ0) is 19.5. The van der Waals surface area contributed by atoms with Crippen molar-refractivity contribution in [2.45, 2.75) is 59.2 Å². The average molecular weight is 364 g/mol. The Hall–Kier alpha value is -2.08. The maximum absolute atomic E-state index is 12.1. The summed E-state index contributed by atoms with van der Waals surface area (Å²) in [5.41, 5.74) is 0.920. The lowest BCUT2D eigenvalue weighted by Gasteiger charge is -2.28. The van der Waals surface area contributed by atoms with Crippen molar-refractivity contribution in [3.63, 3.8) is 0 Å². The molecule has 1 aromatic carbocycles. The largest absolute Gasteiger partial charge is 0.480 e. The Morgan fingerprint density at radius 1 is 1.08 bits per heavy atom. The highest BCUT2D eigenvalue weighted by Crippen LogP contribution is 2.11. The Kier molecular flexibility index (Phi) is 9.73. The van der Waals surface area contributed by atoms with Crippen molar-refractivity contribution in [2.75, 3.05) is 6.54 Å². The first-order valence-corrected chi connectivity index (χ1v) is 9.32. The molecule has 0 bridgehead atoms. The molecule has 6 heteroatoms. The highest BCUT2D eigenvalue weighted by Gasteiger charge is 2.26. The van der Waals surface area contributed by atoms with Gasteiger partial charge in [0.2, 0.25) is 0 Å². The molecular weight excluding hydrogens is 332 g/mol. The Bertz CT molecular complexity index is 550. The van der Waals surface area contributed by atoms with E-state index in [0.29, 0.717) is 6.54 Å². The number of carboxylic acid groups (broad SMARTS) is 1. The number of rotatable bonds is 11. The van der Waals surface area contributed by atoms with Crippen LogP contribution in [0, 0.1) is 11.8 Å². The van der Waals surface area contributed by atoms with Crippen molar-refractivity contribution in [3.8, 4) is 0 Å². The predicted molar refractivity (Wildman–Crippen MR) is 102 cm³/mol. The van der Waals surface area contributed by atoms with Gasteiger partial charge in [0.05, 0.1) is 0 Å². The van der Waals surface area contributed by atoms with E-state index in [4.69, 9.17) is 4.74 Å². The van der Waals surface area contributed by atoms with E-state index in [0.717, 1.165) is 18.4 Å². The number of nitrogens with one attached hydrogen (secondary N) is 2. The average Bonchev–Trinajstić information content (AvgIpc) is 2.65. The lowest BCUT2D eigenvalue weighted by molar-refractivity contribution is -0.140. The third-order valence-electron chi connectivity index (χ3n) is 4.88. The molecule has 0 fully saturated rings. The fourth-order valence-electron chi connectivity index (χ4n) is 2.62. The van der Waals surface area contributed by atoms with Crippen LogP contribution in [0.25, 0.3) is 0 Å². The summed E-state index contributed by atoms with van der Waals surface area (Å²) >= 11 is 0. The van der Waals surface area contributed by atoms with Gasteiger partial charge in [-0.2, -0.15) is 0 Å². The smallest absolute Gasteiger partial charge is 0.407 e. The van der Waals surface area contributed by atoms with Gasteiger partial charge in [0, 0.05) is 12.6 Å². The van der Waals surface area contributed by atoms with E-state index in [1.165, 1.54) is 0 Å². The number of carboxylic acids is 1. The van der Waals surface area contributed by atoms with Gasteiger partial charge in [0.1, 0.15) is 12.6 Å². The maximum atomic E-state index is 12.1. The van der Waals surface area contributed by atoms with E-state index < -0.39 is 18.1 Å². The molecule has 3 N–H and O–H groups in total. The first kappa shape index (κ1) is 22.0. The zero-order valence-electron chi connectivity index (χ0n) is 16.2. The summed E-state index contributed by atoms with van der Waals surface area (Å²) in [7, 11) is 0. The fraction of sp³-hybridized carbons (Fsp3) is 0.600. The van der Waals surface area contributed by atoms with Crippen LogP contribution in [-0.2, 0) is 16.1 Å². The summed E-state index contributed by atoms with van der Waals surface area (Å²) < 4.78 is 5.28. The first-order valence-electron chi connectivity index (χ1n) is 9.32. The molecule has 146 valence electrons. The quantitative estimate of drug-likeness (QED) is 0.560. The summed E-state index contributed by atoms with van der Waals surface area (Å²) in [5.74, 6) is -0.665. The van der Waals surface area contributed by atoms with Crippen molar-refractivity contribution in [1.82, 2.24) is 10.6 Å². The standard InChI is InChI=1S/C20H32N2O4/c1-5-14(3)17(12-21-18(19(23)24)15(4)6-2)22-20(25)26-13-16-10-8-7-9-11-16/h7-11,14-15,17-18,21H,5-6,12-13H2,1-4H3,(H,22,25)(H,23,24)/t14-,15-,17+,18-/m0/s1. The van der Waals surface area contributed by atoms with E-state index in [-0.39, 0.29) is 24.5 Å². The highest BCUT2D eigenvalue weighted by molar-refractivity contribution is 5.73. The van der Waals surface area contributed by atoms with Gasteiger partial charge in [-0.25, -0.2) is 4.79 Å². The fourth-order valence-corrected chi connectivity index (χ4v) is 2.62. The van der Waals surface area contributed by atoms with Crippen molar-refractivity contribution in [1.29, 1.82) is 0 Å². The molecule has 1 aromatic rings. The van der Waals surface area contributed by atoms with Gasteiger partial charge in [-0.1, -0.05) is 70.9 Å². The summed E-state index contributed by atoms with van der Waals surface area (Å²) in [4.78, 5) is 23.6. The Labute approximate surface area is 156 Å². The van der Waals surface area contributed by atoms with Crippen LogP contribution in [0.1, 0.15) is 46.1 Å². The minimum Gasteiger partial charge on any atom is -0.480 e. The molecule has 0 aliphatic rings. The number of ether oxygens (including phenoxy) is 1. The number of amides is 1. The minimum absolute atomic E-state index is 0.00937. The van der Waals surface area contributed by atoms with Gasteiger partial charge in [-0.05, 0) is 17.4 Å². The number of carbonyl (C=O) groups is 2. The van der Waals surface area contributed by atoms with Crippen LogP contribution >= 0.6 is 0 Å². The third-order valence-corrected chi connectivity index (χ3v) is 4.88. The highest BCUT2D eigenvalue weighted by atomic mass is 16.5.